The van der Waals surface area contributed by atoms with Gasteiger partial charge in [0.1, 0.15) is 25.4 Å². The first-order valence-electron chi connectivity index (χ1n) is 49.7. The molecular formula is C107H180O16P2. The third-order valence-corrected chi connectivity index (χ3v) is 22.7. The van der Waals surface area contributed by atoms with Gasteiger partial charge in [-0.15, -0.1) is 0 Å². The van der Waals surface area contributed by atoms with Gasteiger partial charge in [0.15, 0.2) is 6.10 Å². The van der Waals surface area contributed by atoms with Gasteiger partial charge in [0.2, 0.25) is 0 Å². The second kappa shape index (κ2) is 97.4. The summed E-state index contributed by atoms with van der Waals surface area (Å²) in [5.41, 5.74) is 0. The van der Waals surface area contributed by atoms with Gasteiger partial charge < -0.3 is 34.2 Å². The van der Waals surface area contributed by atoms with Gasteiger partial charge in [-0.05, 0) is 167 Å². The summed E-state index contributed by atoms with van der Waals surface area (Å²) in [6, 6.07) is 0. The fraction of sp³-hybridized carbons (Fsp3) is 0.673. The van der Waals surface area contributed by atoms with E-state index in [2.05, 4.69) is 215 Å². The summed E-state index contributed by atoms with van der Waals surface area (Å²) < 4.78 is 61.6. The van der Waals surface area contributed by atoms with Crippen LogP contribution in [-0.2, 0) is 55.8 Å². The number of aliphatic hydroxyl groups excluding tert-OH is 2. The molecule has 4 N–H and O–H groups in total. The van der Waals surface area contributed by atoms with Gasteiger partial charge in [0, 0.05) is 19.3 Å². The number of rotatable bonds is 93. The van der Waals surface area contributed by atoms with Gasteiger partial charge in [-0.1, -0.05) is 414 Å². The predicted octanol–water partition coefficient (Wildman–Crippen LogP) is 31.3. The molecule has 0 aliphatic carbocycles. The zero-order chi connectivity index (χ0) is 90.7. The van der Waals surface area contributed by atoms with Crippen molar-refractivity contribution in [2.24, 2.45) is 0 Å². The van der Waals surface area contributed by atoms with Gasteiger partial charge in [-0.25, -0.2) is 9.13 Å². The van der Waals surface area contributed by atoms with Gasteiger partial charge >= 0.3 is 33.6 Å². The summed E-state index contributed by atoms with van der Waals surface area (Å²) in [4.78, 5) is 59.1. The Bertz CT molecular complexity index is 3050. The molecule has 0 aromatic rings. The lowest BCUT2D eigenvalue weighted by atomic mass is 10.0. The molecule has 5 atom stereocenters. The number of phosphoric acid groups is 2. The first-order valence-corrected chi connectivity index (χ1v) is 52.7. The van der Waals surface area contributed by atoms with Crippen LogP contribution in [0.5, 0.6) is 0 Å². The molecule has 18 heteroatoms. The summed E-state index contributed by atoms with van der Waals surface area (Å²) in [5.74, 6) is -1.59. The second-order valence-electron chi connectivity index (χ2n) is 32.8. The largest absolute Gasteiger partial charge is 0.472 e. The van der Waals surface area contributed by atoms with Crippen LogP contribution in [0.2, 0.25) is 0 Å². The van der Waals surface area contributed by atoms with Crippen molar-refractivity contribution < 1.29 is 75.8 Å². The molecule has 0 saturated carbocycles. The molecule has 0 radical (unpaired) electrons. The lowest BCUT2D eigenvalue weighted by Gasteiger charge is -2.21. The molecule has 0 amide bonds. The third kappa shape index (κ3) is 98.8. The van der Waals surface area contributed by atoms with E-state index >= 15 is 0 Å². The van der Waals surface area contributed by atoms with Crippen molar-refractivity contribution in [1.82, 2.24) is 0 Å². The van der Waals surface area contributed by atoms with E-state index in [0.29, 0.717) is 19.3 Å². The molecule has 0 saturated heterocycles. The molecular weight excluding hydrogens is 1600 g/mol. The average Bonchev–Trinajstić information content (AvgIpc) is 0.895. The lowest BCUT2D eigenvalue weighted by Crippen LogP contribution is -2.30. The monoisotopic (exact) mass is 1780 g/mol. The molecule has 0 heterocycles. The molecule has 0 aromatic heterocycles. The van der Waals surface area contributed by atoms with Crippen LogP contribution in [0.25, 0.3) is 0 Å². The maximum Gasteiger partial charge on any atom is 0.472 e. The van der Waals surface area contributed by atoms with E-state index < -0.39 is 91.5 Å². The van der Waals surface area contributed by atoms with Gasteiger partial charge in [-0.3, -0.25) is 32.5 Å². The molecule has 5 unspecified atom stereocenters. The molecule has 0 rings (SSSR count). The summed E-state index contributed by atoms with van der Waals surface area (Å²) >= 11 is 0. The first kappa shape index (κ1) is 119. The summed E-state index contributed by atoms with van der Waals surface area (Å²) in [7, 11) is -9.83. The number of unbranched alkanes of at least 4 members (excludes halogenated alkanes) is 38. The van der Waals surface area contributed by atoms with Gasteiger partial charge in [0.25, 0.3) is 0 Å². The SMILES string of the molecule is CC/C=C\C/C=C\C/C=C\C/C=C\C/C=C\C/C=C\CCCCCCCCCCCCCCCCCCC(=O)OCC(O)COP(=O)(O)OCC(O)COP(=O)(O)OCC(COC(=O)CCCCCCCCCCCCCCCC/C=C\C/C=C\C/C=C\C/C=C\C/C=C\C/C=C\CC)OC(=O)CCCCCCC/C=C\C/C=C\C/C=C\C/C=C\CCCCC. The molecule has 0 spiro atoms. The highest BCUT2D eigenvalue weighted by Gasteiger charge is 2.30. The van der Waals surface area contributed by atoms with Crippen molar-refractivity contribution in [2.45, 2.75) is 424 Å². The number of esters is 3. The number of hydrogen-bond acceptors (Lipinski definition) is 14. The Labute approximate surface area is 763 Å². The number of hydrogen-bond donors (Lipinski definition) is 4. The number of carbonyl (C=O) groups excluding carboxylic acids is 3. The first-order chi connectivity index (χ1) is 61.2. The van der Waals surface area contributed by atoms with Crippen LogP contribution in [0.3, 0.4) is 0 Å². The third-order valence-electron chi connectivity index (χ3n) is 20.8. The summed E-state index contributed by atoms with van der Waals surface area (Å²) in [6.07, 6.45) is 131. The van der Waals surface area contributed by atoms with Crippen LogP contribution in [0.4, 0.5) is 0 Å². The van der Waals surface area contributed by atoms with E-state index in [1.807, 2.05) is 0 Å². The Balaban J connectivity index is 4.55. The number of allylic oxidation sites excluding steroid dienone is 32. The smallest absolute Gasteiger partial charge is 0.463 e. The number of ether oxygens (including phenoxy) is 3. The minimum absolute atomic E-state index is 0.0795. The number of carbonyl (C=O) groups is 3. The van der Waals surface area contributed by atoms with Crippen molar-refractivity contribution in [3.63, 3.8) is 0 Å². The van der Waals surface area contributed by atoms with Crippen molar-refractivity contribution in [2.75, 3.05) is 39.6 Å². The van der Waals surface area contributed by atoms with Crippen molar-refractivity contribution >= 4 is 33.6 Å². The number of aliphatic hydroxyl groups is 2. The second-order valence-corrected chi connectivity index (χ2v) is 35.7. The highest BCUT2D eigenvalue weighted by atomic mass is 31.2. The highest BCUT2D eigenvalue weighted by molar-refractivity contribution is 7.47. The van der Waals surface area contributed by atoms with Gasteiger partial charge in [0.05, 0.1) is 26.4 Å². The van der Waals surface area contributed by atoms with Crippen LogP contribution < -0.4 is 0 Å². The Hall–Kier alpha value is -5.61. The Kier molecular flexibility index (Phi) is 93.1. The zero-order valence-corrected chi connectivity index (χ0v) is 80.7. The van der Waals surface area contributed by atoms with Crippen LogP contribution in [0, 0.1) is 0 Å². The Morgan fingerprint density at radius 3 is 0.672 bits per heavy atom. The quantitative estimate of drug-likeness (QED) is 0.0146. The molecule has 0 aliphatic heterocycles. The van der Waals surface area contributed by atoms with Crippen LogP contribution in [-0.4, -0.2) is 95.9 Å². The van der Waals surface area contributed by atoms with E-state index in [1.165, 1.54) is 161 Å². The highest BCUT2D eigenvalue weighted by Crippen LogP contribution is 2.45. The fourth-order valence-corrected chi connectivity index (χ4v) is 14.9. The van der Waals surface area contributed by atoms with E-state index in [-0.39, 0.29) is 19.3 Å². The molecule has 125 heavy (non-hydrogen) atoms. The van der Waals surface area contributed by atoms with Crippen LogP contribution in [0.15, 0.2) is 194 Å². The topological polar surface area (TPSA) is 231 Å². The molecule has 714 valence electrons. The van der Waals surface area contributed by atoms with Crippen molar-refractivity contribution in [1.29, 1.82) is 0 Å². The molecule has 0 bridgehead atoms. The summed E-state index contributed by atoms with van der Waals surface area (Å²) in [5, 5.41) is 20.8. The van der Waals surface area contributed by atoms with Crippen LogP contribution in [0.1, 0.15) is 406 Å². The maximum atomic E-state index is 13.1. The predicted molar refractivity (Wildman–Crippen MR) is 528 cm³/mol. The normalized spacial score (nSPS) is 14.5. The zero-order valence-electron chi connectivity index (χ0n) is 79.0. The van der Waals surface area contributed by atoms with E-state index in [4.69, 9.17) is 32.3 Å². The Morgan fingerprint density at radius 1 is 0.232 bits per heavy atom. The van der Waals surface area contributed by atoms with Crippen molar-refractivity contribution in [3.8, 4) is 0 Å². The van der Waals surface area contributed by atoms with E-state index in [9.17, 15) is 43.5 Å². The minimum Gasteiger partial charge on any atom is -0.463 e. The maximum absolute atomic E-state index is 13.1. The standard InChI is InChI=1S/C107H180O16P2/c1-4-7-10-13-16-19-22-25-28-31-34-37-39-41-43-45-47-49-50-52-54-55-57-59-61-64-66-69-72-75-78-81-84-87-90-93-105(110)117-96-102(108)97-119-124(113,114)120-98-103(109)99-121-125(115,116)122-101-104(123-107(112)95-92-89-86-83-80-77-74-71-68-63-36-33-30-27-24-21-18-15-12-9-6-3)100-118-106(111)94-91-88-85-82-79-76-73-70-67-65-62-60-58-56-53-51-48-46-44-42-40-38-35-32-29-26-23-20-17-14-11-8-5-2/h7-8,10-11,16-21,25-30,34-38,41-44,47-49,51,63,71,74,102-104,108-109H,4-6,9,12-15,22-24,31-33,39-40,45-46,50,52-62,64-70,72-73,75-101H2,1-3H3,(H,113,114)(H,115,116)/b10-7-,11-8-,19-16-,20-17-,21-18-,28-25-,29-26-,30-27-,37-34-,38-35-,43-41-,44-42-,49-47-,51-48-,63-36-,74-71-. The van der Waals surface area contributed by atoms with Crippen LogP contribution >= 0.6 is 15.6 Å². The summed E-state index contributed by atoms with van der Waals surface area (Å²) in [6.45, 7) is 2.45. The molecule has 0 aliphatic rings. The van der Waals surface area contributed by atoms with E-state index in [0.717, 1.165) is 186 Å². The molecule has 16 nitrogen and oxygen atoms in total. The van der Waals surface area contributed by atoms with E-state index in [1.54, 1.807) is 0 Å². The Morgan fingerprint density at radius 2 is 0.424 bits per heavy atom. The molecule has 0 fully saturated rings. The average molecular weight is 1780 g/mol. The molecule has 0 aromatic carbocycles. The van der Waals surface area contributed by atoms with Crippen molar-refractivity contribution in [3.05, 3.63) is 194 Å². The fourth-order valence-electron chi connectivity index (χ4n) is 13.3. The number of phosphoric ester groups is 2. The van der Waals surface area contributed by atoms with Gasteiger partial charge in [-0.2, -0.15) is 0 Å². The lowest BCUT2D eigenvalue weighted by molar-refractivity contribution is -0.161. The minimum atomic E-state index is -4.95.